The molecule has 2 heterocycles. The molecule has 0 saturated carbocycles. The Morgan fingerprint density at radius 3 is 2.71 bits per heavy atom. The Labute approximate surface area is 122 Å². The van der Waals surface area contributed by atoms with Crippen molar-refractivity contribution in [3.05, 3.63) is 17.7 Å². The number of rotatable bonds is 1. The number of ether oxygens (including phenoxy) is 2. The highest BCUT2D eigenvalue weighted by Gasteiger charge is 2.27. The van der Waals surface area contributed by atoms with E-state index in [2.05, 4.69) is 0 Å². The maximum Gasteiger partial charge on any atom is 0.256 e. The third-order valence-electron chi connectivity index (χ3n) is 3.74. The van der Waals surface area contributed by atoms with Crippen LogP contribution in [0.1, 0.15) is 16.8 Å². The predicted octanol–water partition coefficient (Wildman–Crippen LogP) is 0.302. The second kappa shape index (κ2) is 5.16. The Kier molecular flexibility index (Phi) is 3.32. The number of amides is 2. The van der Waals surface area contributed by atoms with Crippen molar-refractivity contribution in [3.8, 4) is 11.5 Å². The number of fused-ring (bicyclic) bond motifs is 1. The van der Waals surface area contributed by atoms with E-state index in [0.717, 1.165) is 6.42 Å². The average Bonchev–Trinajstić information content (AvgIpc) is 2.84. The number of hydrogen-bond acceptors (Lipinski definition) is 5. The first-order valence-electron chi connectivity index (χ1n) is 6.78. The number of nitrogen functional groups attached to an aromatic ring is 1. The third kappa shape index (κ3) is 2.46. The zero-order valence-corrected chi connectivity index (χ0v) is 11.8. The lowest BCUT2D eigenvalue weighted by molar-refractivity contribution is -0.129. The summed E-state index contributed by atoms with van der Waals surface area (Å²) >= 11 is 0. The van der Waals surface area contributed by atoms with Gasteiger partial charge < -0.3 is 25.0 Å². The monoisotopic (exact) mass is 291 g/mol. The van der Waals surface area contributed by atoms with E-state index in [1.165, 1.54) is 4.90 Å². The average molecular weight is 291 g/mol. The van der Waals surface area contributed by atoms with E-state index in [0.29, 0.717) is 35.8 Å². The summed E-state index contributed by atoms with van der Waals surface area (Å²) in [6, 6.07) is 3.17. The van der Waals surface area contributed by atoms with Crippen LogP contribution in [0.5, 0.6) is 11.5 Å². The molecule has 21 heavy (non-hydrogen) atoms. The van der Waals surface area contributed by atoms with Crippen LogP contribution in [-0.4, -0.2) is 55.1 Å². The van der Waals surface area contributed by atoms with E-state index >= 15 is 0 Å². The van der Waals surface area contributed by atoms with Crippen molar-refractivity contribution in [1.29, 1.82) is 0 Å². The molecular formula is C14H17N3O4. The normalized spacial score (nSPS) is 17.9. The standard InChI is InChI=1S/C14H17N3O4/c1-16-3-2-4-17(7-13(16)18)14(19)9-5-11-12(6-10(9)15)21-8-20-11/h5-6H,2-4,7-8,15H2,1H3. The van der Waals surface area contributed by atoms with Gasteiger partial charge in [0, 0.05) is 31.9 Å². The van der Waals surface area contributed by atoms with E-state index in [1.54, 1.807) is 24.1 Å². The molecule has 0 unspecified atom stereocenters. The zero-order valence-electron chi connectivity index (χ0n) is 11.8. The van der Waals surface area contributed by atoms with E-state index < -0.39 is 0 Å². The second-order valence-corrected chi connectivity index (χ2v) is 5.19. The molecular weight excluding hydrogens is 274 g/mol. The third-order valence-corrected chi connectivity index (χ3v) is 3.74. The van der Waals surface area contributed by atoms with Gasteiger partial charge in [-0.05, 0) is 12.5 Å². The largest absolute Gasteiger partial charge is 0.454 e. The van der Waals surface area contributed by atoms with Crippen LogP contribution in [0.3, 0.4) is 0 Å². The SMILES string of the molecule is CN1CCCN(C(=O)c2cc3c(cc2N)OCO3)CC1=O. The van der Waals surface area contributed by atoms with Gasteiger partial charge in [0.15, 0.2) is 11.5 Å². The van der Waals surface area contributed by atoms with Crippen LogP contribution in [-0.2, 0) is 4.79 Å². The van der Waals surface area contributed by atoms with Gasteiger partial charge in [0.2, 0.25) is 12.7 Å². The Hall–Kier alpha value is -2.44. The second-order valence-electron chi connectivity index (χ2n) is 5.19. The van der Waals surface area contributed by atoms with Gasteiger partial charge in [-0.1, -0.05) is 0 Å². The summed E-state index contributed by atoms with van der Waals surface area (Å²) in [5, 5.41) is 0. The molecule has 0 bridgehead atoms. The van der Waals surface area contributed by atoms with Crippen molar-refractivity contribution in [2.75, 3.05) is 39.2 Å². The summed E-state index contributed by atoms with van der Waals surface area (Å²) in [4.78, 5) is 27.7. The van der Waals surface area contributed by atoms with Gasteiger partial charge in [0.25, 0.3) is 5.91 Å². The Morgan fingerprint density at radius 1 is 1.24 bits per heavy atom. The molecule has 2 N–H and O–H groups in total. The first kappa shape index (κ1) is 13.5. The van der Waals surface area contributed by atoms with Gasteiger partial charge in [-0.25, -0.2) is 0 Å². The van der Waals surface area contributed by atoms with Crippen LogP contribution >= 0.6 is 0 Å². The molecule has 1 aromatic carbocycles. The van der Waals surface area contributed by atoms with Crippen molar-refractivity contribution in [3.63, 3.8) is 0 Å². The lowest BCUT2D eigenvalue weighted by Gasteiger charge is -2.20. The quantitative estimate of drug-likeness (QED) is 0.752. The van der Waals surface area contributed by atoms with Crippen molar-refractivity contribution in [2.45, 2.75) is 6.42 Å². The van der Waals surface area contributed by atoms with Gasteiger partial charge >= 0.3 is 0 Å². The highest BCUT2D eigenvalue weighted by Crippen LogP contribution is 2.36. The molecule has 7 heteroatoms. The van der Waals surface area contributed by atoms with E-state index in [9.17, 15) is 9.59 Å². The summed E-state index contributed by atoms with van der Waals surface area (Å²) < 4.78 is 10.5. The topological polar surface area (TPSA) is 85.1 Å². The van der Waals surface area contributed by atoms with Crippen LogP contribution < -0.4 is 15.2 Å². The van der Waals surface area contributed by atoms with Crippen molar-refractivity contribution in [1.82, 2.24) is 9.80 Å². The smallest absolute Gasteiger partial charge is 0.256 e. The highest BCUT2D eigenvalue weighted by molar-refractivity contribution is 6.01. The first-order valence-corrected chi connectivity index (χ1v) is 6.78. The van der Waals surface area contributed by atoms with E-state index in [-0.39, 0.29) is 25.2 Å². The van der Waals surface area contributed by atoms with Crippen LogP contribution in [0.15, 0.2) is 12.1 Å². The minimum Gasteiger partial charge on any atom is -0.454 e. The lowest BCUT2D eigenvalue weighted by Crippen LogP contribution is -2.38. The summed E-state index contributed by atoms with van der Waals surface area (Å²) in [7, 11) is 1.74. The van der Waals surface area contributed by atoms with Crippen LogP contribution in [0.4, 0.5) is 5.69 Å². The van der Waals surface area contributed by atoms with Gasteiger partial charge in [0.1, 0.15) is 6.54 Å². The number of carbonyl (C=O) groups excluding carboxylic acids is 2. The molecule has 2 amide bonds. The number of benzene rings is 1. The fourth-order valence-electron chi connectivity index (χ4n) is 2.47. The molecule has 2 aliphatic heterocycles. The minimum atomic E-state index is -0.255. The molecule has 1 saturated heterocycles. The van der Waals surface area contributed by atoms with Gasteiger partial charge in [0.05, 0.1) is 5.56 Å². The maximum atomic E-state index is 12.6. The predicted molar refractivity (Wildman–Crippen MR) is 75.1 cm³/mol. The molecule has 2 aliphatic rings. The fraction of sp³-hybridized carbons (Fsp3) is 0.429. The number of likely N-dealkylation sites (N-methyl/N-ethyl adjacent to an activating group) is 1. The fourth-order valence-corrected chi connectivity index (χ4v) is 2.47. The Balaban J connectivity index is 1.86. The lowest BCUT2D eigenvalue weighted by atomic mass is 10.1. The van der Waals surface area contributed by atoms with Crippen LogP contribution in [0.2, 0.25) is 0 Å². The molecule has 0 spiro atoms. The molecule has 1 aromatic rings. The van der Waals surface area contributed by atoms with Crippen molar-refractivity contribution < 1.29 is 19.1 Å². The van der Waals surface area contributed by atoms with E-state index in [1.807, 2.05) is 0 Å². The Morgan fingerprint density at radius 2 is 1.95 bits per heavy atom. The number of anilines is 1. The molecule has 0 aliphatic carbocycles. The van der Waals surface area contributed by atoms with Gasteiger partial charge in [-0.15, -0.1) is 0 Å². The highest BCUT2D eigenvalue weighted by atomic mass is 16.7. The summed E-state index contributed by atoms with van der Waals surface area (Å²) in [5.74, 6) is 0.719. The van der Waals surface area contributed by atoms with Crippen molar-refractivity contribution in [2.24, 2.45) is 0 Å². The summed E-state index contributed by atoms with van der Waals surface area (Å²) in [5.41, 5.74) is 6.60. The summed E-state index contributed by atoms with van der Waals surface area (Å²) in [6.07, 6.45) is 0.748. The maximum absolute atomic E-state index is 12.6. The molecule has 7 nitrogen and oxygen atoms in total. The molecule has 0 atom stereocenters. The summed E-state index contributed by atoms with van der Waals surface area (Å²) in [6.45, 7) is 1.38. The van der Waals surface area contributed by atoms with Gasteiger partial charge in [-0.2, -0.15) is 0 Å². The molecule has 0 aromatic heterocycles. The number of carbonyl (C=O) groups is 2. The number of hydrogen-bond donors (Lipinski definition) is 1. The Bertz CT molecular complexity index is 602. The van der Waals surface area contributed by atoms with Crippen LogP contribution in [0, 0.1) is 0 Å². The molecule has 3 rings (SSSR count). The number of nitrogens with zero attached hydrogens (tertiary/aromatic N) is 2. The minimum absolute atomic E-state index is 0.0693. The zero-order chi connectivity index (χ0) is 15.0. The molecule has 1 fully saturated rings. The first-order chi connectivity index (χ1) is 10.1. The molecule has 0 radical (unpaired) electrons. The van der Waals surface area contributed by atoms with E-state index in [4.69, 9.17) is 15.2 Å². The van der Waals surface area contributed by atoms with Crippen LogP contribution in [0.25, 0.3) is 0 Å². The number of nitrogens with two attached hydrogens (primary N) is 1. The van der Waals surface area contributed by atoms with Crippen molar-refractivity contribution >= 4 is 17.5 Å². The molecule has 112 valence electrons. The van der Waals surface area contributed by atoms with Gasteiger partial charge in [-0.3, -0.25) is 9.59 Å².